The molecule has 1 aromatic carbocycles. The molecule has 2 aromatic rings. The van der Waals surface area contributed by atoms with E-state index in [0.717, 1.165) is 35.5 Å². The zero-order valence-corrected chi connectivity index (χ0v) is 11.5. The molecule has 6 heteroatoms. The summed E-state index contributed by atoms with van der Waals surface area (Å²) in [5.74, 6) is 1.35. The zero-order valence-electron chi connectivity index (χ0n) is 9.88. The standard InChI is InChI=1S/C12H14BrN5/c13-10-3-5-11(6-4-10)18-12(15-16-17-18)9-2-1-7-14-8-9/h3-6,9,14H,1-2,7-8H2. The molecule has 3 rings (SSSR count). The molecule has 0 amide bonds. The van der Waals surface area contributed by atoms with E-state index in [1.54, 1.807) is 0 Å². The van der Waals surface area contributed by atoms with Crippen LogP contribution in [0.15, 0.2) is 28.7 Å². The second-order valence-corrected chi connectivity index (χ2v) is 5.38. The number of hydrogen-bond donors (Lipinski definition) is 1. The Bertz CT molecular complexity index is 516. The Morgan fingerprint density at radius 1 is 1.28 bits per heavy atom. The number of halogens is 1. The predicted molar refractivity (Wildman–Crippen MR) is 71.7 cm³/mol. The molecule has 1 aliphatic rings. The smallest absolute Gasteiger partial charge is 0.161 e. The Labute approximate surface area is 114 Å². The van der Waals surface area contributed by atoms with Crippen molar-refractivity contribution in [1.29, 1.82) is 0 Å². The lowest BCUT2D eigenvalue weighted by molar-refractivity contribution is 0.440. The van der Waals surface area contributed by atoms with Gasteiger partial charge in [0.05, 0.1) is 5.69 Å². The minimum atomic E-state index is 0.400. The first-order valence-corrected chi connectivity index (χ1v) is 6.89. The molecule has 1 saturated heterocycles. The highest BCUT2D eigenvalue weighted by molar-refractivity contribution is 9.10. The van der Waals surface area contributed by atoms with Gasteiger partial charge in [-0.05, 0) is 54.1 Å². The summed E-state index contributed by atoms with van der Waals surface area (Å²) in [4.78, 5) is 0. The van der Waals surface area contributed by atoms with Crippen LogP contribution in [-0.2, 0) is 0 Å². The fraction of sp³-hybridized carbons (Fsp3) is 0.417. The largest absolute Gasteiger partial charge is 0.316 e. The van der Waals surface area contributed by atoms with Crippen molar-refractivity contribution in [1.82, 2.24) is 25.5 Å². The number of hydrogen-bond acceptors (Lipinski definition) is 4. The van der Waals surface area contributed by atoms with Crippen molar-refractivity contribution < 1.29 is 0 Å². The Morgan fingerprint density at radius 3 is 2.83 bits per heavy atom. The Kier molecular flexibility index (Phi) is 3.38. The molecule has 1 unspecified atom stereocenters. The van der Waals surface area contributed by atoms with Crippen LogP contribution in [0.25, 0.3) is 5.69 Å². The van der Waals surface area contributed by atoms with Gasteiger partial charge in [-0.25, -0.2) is 0 Å². The summed E-state index contributed by atoms with van der Waals surface area (Å²) in [5, 5.41) is 15.5. The highest BCUT2D eigenvalue weighted by Crippen LogP contribution is 2.23. The maximum absolute atomic E-state index is 4.19. The molecule has 18 heavy (non-hydrogen) atoms. The topological polar surface area (TPSA) is 55.6 Å². The molecule has 0 radical (unpaired) electrons. The van der Waals surface area contributed by atoms with E-state index < -0.39 is 0 Å². The summed E-state index contributed by atoms with van der Waals surface area (Å²) in [7, 11) is 0. The molecule has 0 aliphatic carbocycles. The fourth-order valence-electron chi connectivity index (χ4n) is 2.29. The summed E-state index contributed by atoms with van der Waals surface area (Å²) < 4.78 is 2.89. The number of tetrazole rings is 1. The first-order chi connectivity index (χ1) is 8.84. The van der Waals surface area contributed by atoms with Gasteiger partial charge in [-0.3, -0.25) is 0 Å². The number of nitrogens with zero attached hydrogens (tertiary/aromatic N) is 4. The number of nitrogens with one attached hydrogen (secondary N) is 1. The van der Waals surface area contributed by atoms with Crippen molar-refractivity contribution >= 4 is 15.9 Å². The van der Waals surface area contributed by atoms with Gasteiger partial charge in [0.25, 0.3) is 0 Å². The number of piperidine rings is 1. The maximum atomic E-state index is 4.19. The molecule has 1 fully saturated rings. The first kappa shape index (κ1) is 11.8. The van der Waals surface area contributed by atoms with Gasteiger partial charge >= 0.3 is 0 Å². The van der Waals surface area contributed by atoms with Crippen LogP contribution >= 0.6 is 15.9 Å². The van der Waals surface area contributed by atoms with Crippen molar-refractivity contribution in [2.45, 2.75) is 18.8 Å². The van der Waals surface area contributed by atoms with Gasteiger partial charge in [0.2, 0.25) is 0 Å². The van der Waals surface area contributed by atoms with Crippen LogP contribution in [0.5, 0.6) is 0 Å². The Morgan fingerprint density at radius 2 is 2.11 bits per heavy atom. The Hall–Kier alpha value is -1.27. The molecule has 0 spiro atoms. The van der Waals surface area contributed by atoms with Gasteiger partial charge in [0, 0.05) is 16.9 Å². The van der Waals surface area contributed by atoms with Crippen LogP contribution in [0, 0.1) is 0 Å². The average Bonchev–Trinajstić information content (AvgIpc) is 2.90. The second-order valence-electron chi connectivity index (χ2n) is 4.47. The summed E-state index contributed by atoms with van der Waals surface area (Å²) in [5.41, 5.74) is 1.00. The summed E-state index contributed by atoms with van der Waals surface area (Å²) in [6.45, 7) is 2.05. The average molecular weight is 308 g/mol. The predicted octanol–water partition coefficient (Wildman–Crippen LogP) is 1.89. The third-order valence-electron chi connectivity index (χ3n) is 3.23. The lowest BCUT2D eigenvalue weighted by Gasteiger charge is -2.21. The van der Waals surface area contributed by atoms with E-state index in [9.17, 15) is 0 Å². The van der Waals surface area contributed by atoms with Crippen molar-refractivity contribution in [3.8, 4) is 5.69 Å². The second kappa shape index (κ2) is 5.16. The van der Waals surface area contributed by atoms with Gasteiger partial charge in [-0.15, -0.1) is 5.10 Å². The van der Waals surface area contributed by atoms with E-state index in [4.69, 9.17) is 0 Å². The highest BCUT2D eigenvalue weighted by atomic mass is 79.9. The van der Waals surface area contributed by atoms with Crippen LogP contribution < -0.4 is 5.32 Å². The minimum absolute atomic E-state index is 0.400. The van der Waals surface area contributed by atoms with Crippen LogP contribution in [0.1, 0.15) is 24.6 Å². The number of aromatic nitrogens is 4. The van der Waals surface area contributed by atoms with Gasteiger partial charge < -0.3 is 5.32 Å². The monoisotopic (exact) mass is 307 g/mol. The molecule has 94 valence electrons. The van der Waals surface area contributed by atoms with Crippen molar-refractivity contribution in [3.63, 3.8) is 0 Å². The molecular formula is C12H14BrN5. The lowest BCUT2D eigenvalue weighted by Crippen LogP contribution is -2.30. The molecule has 1 aromatic heterocycles. The van der Waals surface area contributed by atoms with Crippen molar-refractivity contribution in [2.75, 3.05) is 13.1 Å². The molecule has 0 bridgehead atoms. The summed E-state index contributed by atoms with van der Waals surface area (Å²) in [6.07, 6.45) is 2.32. The van der Waals surface area contributed by atoms with Crippen LogP contribution in [0.2, 0.25) is 0 Å². The minimum Gasteiger partial charge on any atom is -0.316 e. The summed E-state index contributed by atoms with van der Waals surface area (Å²) >= 11 is 3.43. The fourth-order valence-corrected chi connectivity index (χ4v) is 2.55. The lowest BCUT2D eigenvalue weighted by atomic mass is 9.99. The molecule has 1 atom stereocenters. The van der Waals surface area contributed by atoms with E-state index in [1.165, 1.54) is 6.42 Å². The Balaban J connectivity index is 1.93. The quantitative estimate of drug-likeness (QED) is 0.920. The van der Waals surface area contributed by atoms with E-state index in [-0.39, 0.29) is 0 Å². The highest BCUT2D eigenvalue weighted by Gasteiger charge is 2.21. The SMILES string of the molecule is Brc1ccc(-n2nnnc2C2CCCNC2)cc1. The molecule has 1 aliphatic heterocycles. The molecular weight excluding hydrogens is 294 g/mol. The van der Waals surface area contributed by atoms with Crippen molar-refractivity contribution in [2.24, 2.45) is 0 Å². The van der Waals surface area contributed by atoms with E-state index >= 15 is 0 Å². The maximum Gasteiger partial charge on any atom is 0.161 e. The van der Waals surface area contributed by atoms with Crippen LogP contribution in [0.4, 0.5) is 0 Å². The molecule has 5 nitrogen and oxygen atoms in total. The van der Waals surface area contributed by atoms with E-state index in [2.05, 4.69) is 36.8 Å². The van der Waals surface area contributed by atoms with Crippen LogP contribution in [0.3, 0.4) is 0 Å². The molecule has 1 N–H and O–H groups in total. The van der Waals surface area contributed by atoms with E-state index in [1.807, 2.05) is 28.9 Å². The van der Waals surface area contributed by atoms with Crippen LogP contribution in [-0.4, -0.2) is 33.3 Å². The third kappa shape index (κ3) is 2.30. The summed E-state index contributed by atoms with van der Waals surface area (Å²) in [6, 6.07) is 8.03. The van der Waals surface area contributed by atoms with Gasteiger partial charge in [-0.2, -0.15) is 4.68 Å². The number of rotatable bonds is 2. The van der Waals surface area contributed by atoms with E-state index in [0.29, 0.717) is 5.92 Å². The first-order valence-electron chi connectivity index (χ1n) is 6.09. The molecule has 0 saturated carbocycles. The normalized spacial score (nSPS) is 19.9. The van der Waals surface area contributed by atoms with Gasteiger partial charge in [0.15, 0.2) is 5.82 Å². The zero-order chi connectivity index (χ0) is 12.4. The molecule has 2 heterocycles. The van der Waals surface area contributed by atoms with Crippen molar-refractivity contribution in [3.05, 3.63) is 34.6 Å². The number of benzene rings is 1. The third-order valence-corrected chi connectivity index (χ3v) is 3.76. The van der Waals surface area contributed by atoms with Gasteiger partial charge in [0.1, 0.15) is 0 Å². The van der Waals surface area contributed by atoms with Gasteiger partial charge in [-0.1, -0.05) is 15.9 Å².